The van der Waals surface area contributed by atoms with Gasteiger partial charge in [-0.15, -0.1) is 0 Å². The summed E-state index contributed by atoms with van der Waals surface area (Å²) >= 11 is 0. The number of carbonyl (C=O) groups is 2. The fraction of sp³-hybridized carbons (Fsp3) is 0.150. The van der Waals surface area contributed by atoms with E-state index in [1.807, 2.05) is 55.7 Å². The van der Waals surface area contributed by atoms with Gasteiger partial charge in [0.25, 0.3) is 0 Å². The molecule has 8 heteroatoms. The average Bonchev–Trinajstić information content (AvgIpc) is 3.08. The molecule has 28 heavy (non-hydrogen) atoms. The number of ether oxygens (including phenoxy) is 1. The molecule has 3 rings (SSSR count). The Morgan fingerprint density at radius 2 is 1.64 bits per heavy atom. The highest BCUT2D eigenvalue weighted by Crippen LogP contribution is 2.24. The number of aromatic nitrogens is 2. The molecule has 0 saturated heterocycles. The van der Waals surface area contributed by atoms with E-state index in [0.717, 1.165) is 29.5 Å². The number of aliphatic carboxylic acids is 2. The van der Waals surface area contributed by atoms with Gasteiger partial charge in [-0.25, -0.2) is 14.6 Å². The van der Waals surface area contributed by atoms with Crippen molar-refractivity contribution in [2.75, 3.05) is 12.4 Å². The highest BCUT2D eigenvalue weighted by Gasteiger charge is 2.08. The van der Waals surface area contributed by atoms with Crippen LogP contribution in [0, 0.1) is 0 Å². The first-order chi connectivity index (χ1) is 13.4. The van der Waals surface area contributed by atoms with Gasteiger partial charge in [-0.1, -0.05) is 30.3 Å². The lowest BCUT2D eigenvalue weighted by Gasteiger charge is -2.09. The van der Waals surface area contributed by atoms with Crippen molar-refractivity contribution in [2.45, 2.75) is 6.54 Å². The van der Waals surface area contributed by atoms with Gasteiger partial charge in [0.15, 0.2) is 0 Å². The molecule has 146 valence electrons. The number of benzene rings is 2. The molecular weight excluding hydrogens is 362 g/mol. The first-order valence-electron chi connectivity index (χ1n) is 8.32. The molecule has 0 bridgehead atoms. The van der Waals surface area contributed by atoms with Gasteiger partial charge in [0, 0.05) is 19.2 Å². The molecule has 3 aromatic rings. The first kappa shape index (κ1) is 20.5. The molecule has 1 heterocycles. The van der Waals surface area contributed by atoms with Crippen molar-refractivity contribution in [3.8, 4) is 17.0 Å². The maximum absolute atomic E-state index is 9.10. The minimum absolute atomic E-state index is 0.758. The van der Waals surface area contributed by atoms with E-state index in [1.165, 1.54) is 5.56 Å². The molecule has 8 nitrogen and oxygen atoms in total. The third-order valence-corrected chi connectivity index (χ3v) is 3.85. The predicted molar refractivity (Wildman–Crippen MR) is 104 cm³/mol. The van der Waals surface area contributed by atoms with Crippen LogP contribution in [-0.4, -0.2) is 38.8 Å². The van der Waals surface area contributed by atoms with Crippen LogP contribution in [-0.2, 0) is 23.2 Å². The largest absolute Gasteiger partial charge is 0.497 e. The van der Waals surface area contributed by atoms with Gasteiger partial charge < -0.3 is 24.8 Å². The summed E-state index contributed by atoms with van der Waals surface area (Å²) in [6.45, 7) is 0.758. The summed E-state index contributed by atoms with van der Waals surface area (Å²) in [5.74, 6) is -1.94. The zero-order chi connectivity index (χ0) is 20.5. The Balaban J connectivity index is 0.000000409. The van der Waals surface area contributed by atoms with Crippen molar-refractivity contribution in [3.05, 3.63) is 66.4 Å². The Labute approximate surface area is 162 Å². The zero-order valence-corrected chi connectivity index (χ0v) is 15.5. The third kappa shape index (κ3) is 5.60. The van der Waals surface area contributed by atoms with E-state index >= 15 is 0 Å². The molecule has 0 spiro atoms. The van der Waals surface area contributed by atoms with Gasteiger partial charge in [0.2, 0.25) is 5.95 Å². The van der Waals surface area contributed by atoms with Crippen molar-refractivity contribution < 1.29 is 24.5 Å². The Kier molecular flexibility index (Phi) is 7.15. The highest BCUT2D eigenvalue weighted by atomic mass is 16.5. The van der Waals surface area contributed by atoms with E-state index < -0.39 is 11.9 Å². The summed E-state index contributed by atoms with van der Waals surface area (Å²) in [4.78, 5) is 22.7. The maximum atomic E-state index is 9.10. The number of carboxylic acids is 2. The molecule has 0 aliphatic rings. The third-order valence-electron chi connectivity index (χ3n) is 3.85. The molecule has 3 N–H and O–H groups in total. The van der Waals surface area contributed by atoms with Crippen LogP contribution in [0.5, 0.6) is 5.75 Å². The van der Waals surface area contributed by atoms with Gasteiger partial charge >= 0.3 is 11.9 Å². The number of methoxy groups -OCH3 is 1. The lowest BCUT2D eigenvalue weighted by Crippen LogP contribution is -2.09. The van der Waals surface area contributed by atoms with Crippen LogP contribution in [0.25, 0.3) is 11.3 Å². The van der Waals surface area contributed by atoms with E-state index in [-0.39, 0.29) is 0 Å². The minimum Gasteiger partial charge on any atom is -0.497 e. The smallest absolute Gasteiger partial charge is 0.414 e. The number of nitrogens with zero attached hydrogens (tertiary/aromatic N) is 2. The molecule has 0 saturated carbocycles. The predicted octanol–water partition coefficient (Wildman–Crippen LogP) is 2.86. The van der Waals surface area contributed by atoms with Crippen molar-refractivity contribution in [1.29, 1.82) is 0 Å². The van der Waals surface area contributed by atoms with Crippen molar-refractivity contribution >= 4 is 17.9 Å². The van der Waals surface area contributed by atoms with Gasteiger partial charge in [-0.3, -0.25) is 0 Å². The lowest BCUT2D eigenvalue weighted by atomic mass is 10.1. The van der Waals surface area contributed by atoms with Gasteiger partial charge in [-0.05, 0) is 29.8 Å². The van der Waals surface area contributed by atoms with Crippen LogP contribution in [0.3, 0.4) is 0 Å². The second-order valence-corrected chi connectivity index (χ2v) is 5.70. The summed E-state index contributed by atoms with van der Waals surface area (Å²) in [6, 6.07) is 18.3. The maximum Gasteiger partial charge on any atom is 0.414 e. The molecular formula is C20H21N3O5. The topological polar surface area (TPSA) is 114 Å². The fourth-order valence-electron chi connectivity index (χ4n) is 2.38. The van der Waals surface area contributed by atoms with Gasteiger partial charge in [0.05, 0.1) is 19.0 Å². The zero-order valence-electron chi connectivity index (χ0n) is 15.5. The fourth-order valence-corrected chi connectivity index (χ4v) is 2.38. The van der Waals surface area contributed by atoms with E-state index in [1.54, 1.807) is 7.11 Å². The quantitative estimate of drug-likeness (QED) is 0.581. The molecule has 0 unspecified atom stereocenters. The number of rotatable bonds is 5. The number of nitrogens with one attached hydrogen (secondary N) is 1. The Hall–Kier alpha value is -3.81. The number of imidazole rings is 1. The van der Waals surface area contributed by atoms with E-state index in [0.29, 0.717) is 0 Å². The van der Waals surface area contributed by atoms with Crippen molar-refractivity contribution in [2.24, 2.45) is 7.05 Å². The molecule has 2 aromatic carbocycles. The van der Waals surface area contributed by atoms with Crippen LogP contribution in [0.2, 0.25) is 0 Å². The van der Waals surface area contributed by atoms with Gasteiger partial charge in [0.1, 0.15) is 5.75 Å². The first-order valence-corrected chi connectivity index (χ1v) is 8.32. The lowest BCUT2D eigenvalue weighted by molar-refractivity contribution is -0.159. The summed E-state index contributed by atoms with van der Waals surface area (Å²) in [5.41, 5.74) is 3.42. The normalized spacial score (nSPS) is 9.79. The number of anilines is 1. The molecule has 0 aliphatic heterocycles. The summed E-state index contributed by atoms with van der Waals surface area (Å²) in [5, 5.41) is 18.2. The van der Waals surface area contributed by atoms with Crippen LogP contribution in [0.15, 0.2) is 60.8 Å². The molecule has 0 aliphatic carbocycles. The summed E-state index contributed by atoms with van der Waals surface area (Å²) < 4.78 is 7.25. The van der Waals surface area contributed by atoms with Crippen molar-refractivity contribution in [1.82, 2.24) is 9.55 Å². The molecule has 0 amide bonds. The molecule has 0 atom stereocenters. The molecule has 1 aromatic heterocycles. The van der Waals surface area contributed by atoms with E-state index in [9.17, 15) is 0 Å². The van der Waals surface area contributed by atoms with Crippen LogP contribution >= 0.6 is 0 Å². The number of hydrogen-bond acceptors (Lipinski definition) is 5. The van der Waals surface area contributed by atoms with Crippen LogP contribution in [0.4, 0.5) is 5.95 Å². The number of hydrogen-bond donors (Lipinski definition) is 3. The molecule has 0 radical (unpaired) electrons. The minimum atomic E-state index is -1.82. The monoisotopic (exact) mass is 383 g/mol. The van der Waals surface area contributed by atoms with Crippen LogP contribution in [0.1, 0.15) is 5.56 Å². The Bertz CT molecular complexity index is 909. The number of carboxylic acid groups (broad SMARTS) is 2. The van der Waals surface area contributed by atoms with Crippen LogP contribution < -0.4 is 10.1 Å². The second kappa shape index (κ2) is 9.77. The Morgan fingerprint density at radius 3 is 2.18 bits per heavy atom. The van der Waals surface area contributed by atoms with E-state index in [4.69, 9.17) is 24.5 Å². The summed E-state index contributed by atoms with van der Waals surface area (Å²) in [6.07, 6.45) is 1.88. The highest BCUT2D eigenvalue weighted by molar-refractivity contribution is 6.27. The Morgan fingerprint density at radius 1 is 1.04 bits per heavy atom. The standard InChI is InChI=1S/C18H19N3O.C2H2O4/c1-21-17(15-8-10-16(22-2)11-9-15)13-20-18(21)19-12-14-6-4-3-5-7-14;3-1(4)2(5)6/h3-11,13H,12H2,1-2H3,(H,19,20);(H,3,4)(H,5,6). The van der Waals surface area contributed by atoms with E-state index in [2.05, 4.69) is 27.0 Å². The van der Waals surface area contributed by atoms with Crippen molar-refractivity contribution in [3.63, 3.8) is 0 Å². The SMILES string of the molecule is COc1ccc(-c2cnc(NCc3ccccc3)n2C)cc1.O=C(O)C(=O)O. The molecule has 0 fully saturated rings. The second-order valence-electron chi connectivity index (χ2n) is 5.70. The summed E-state index contributed by atoms with van der Waals surface area (Å²) in [7, 11) is 3.69. The van der Waals surface area contributed by atoms with Gasteiger partial charge in [-0.2, -0.15) is 0 Å². The average molecular weight is 383 g/mol.